The Labute approximate surface area is 182 Å². The van der Waals surface area contributed by atoms with Crippen molar-refractivity contribution >= 4 is 15.9 Å². The van der Waals surface area contributed by atoms with Crippen LogP contribution in [-0.2, 0) is 12.8 Å². The zero-order chi connectivity index (χ0) is 19.6. The molecule has 2 aliphatic carbocycles. The Morgan fingerprint density at radius 3 is 1.93 bits per heavy atom. The van der Waals surface area contributed by atoms with Gasteiger partial charge < -0.3 is 0 Å². The van der Waals surface area contributed by atoms with Crippen molar-refractivity contribution in [1.82, 2.24) is 0 Å². The summed E-state index contributed by atoms with van der Waals surface area (Å²) in [6.07, 6.45) is 22.1. The van der Waals surface area contributed by atoms with Crippen LogP contribution in [0, 0.1) is 23.7 Å². The fraction of sp³-hybridized carbons (Fsp3) is 0.704. The maximum atomic E-state index is 3.45. The standard InChI is InChI=1S/C27H41Br/c1-2-3-4-5-22-6-8-23(9-7-22)10-11-24-12-16-26(17-13-24)27-18-14-25(15-19-27)20-21-28/h6-9,20-21,24-27H,2-5,10-19H2,1H3. The minimum absolute atomic E-state index is 0.838. The number of aryl methyl sites for hydroxylation is 2. The molecule has 0 radical (unpaired) electrons. The van der Waals surface area contributed by atoms with Crippen molar-refractivity contribution in [2.45, 2.75) is 96.8 Å². The SMILES string of the molecule is CCCCCc1ccc(CCC2CCC(C3CCC(C=CBr)CC3)CC2)cc1. The zero-order valence-corrected chi connectivity index (χ0v) is 19.6. The predicted molar refractivity (Wildman–Crippen MR) is 127 cm³/mol. The van der Waals surface area contributed by atoms with Gasteiger partial charge in [0.05, 0.1) is 0 Å². The van der Waals surface area contributed by atoms with E-state index in [4.69, 9.17) is 0 Å². The molecule has 1 aromatic carbocycles. The van der Waals surface area contributed by atoms with Crippen LogP contribution in [0.25, 0.3) is 0 Å². The quantitative estimate of drug-likeness (QED) is 0.333. The molecule has 0 bridgehead atoms. The third-order valence-electron chi connectivity index (χ3n) is 7.65. The van der Waals surface area contributed by atoms with Crippen LogP contribution in [0.2, 0.25) is 0 Å². The number of unbranched alkanes of at least 4 members (excludes halogenated alkanes) is 2. The van der Waals surface area contributed by atoms with E-state index < -0.39 is 0 Å². The lowest BCUT2D eigenvalue weighted by Gasteiger charge is -2.37. The monoisotopic (exact) mass is 444 g/mol. The average Bonchev–Trinajstić information content (AvgIpc) is 2.75. The van der Waals surface area contributed by atoms with Crippen LogP contribution < -0.4 is 0 Å². The first-order valence-electron chi connectivity index (χ1n) is 12.1. The Morgan fingerprint density at radius 2 is 1.36 bits per heavy atom. The van der Waals surface area contributed by atoms with Gasteiger partial charge in [-0.25, -0.2) is 0 Å². The molecule has 0 nitrogen and oxygen atoms in total. The second-order valence-corrected chi connectivity index (χ2v) is 10.1. The lowest BCUT2D eigenvalue weighted by molar-refractivity contribution is 0.153. The van der Waals surface area contributed by atoms with Crippen LogP contribution in [0.5, 0.6) is 0 Å². The summed E-state index contributed by atoms with van der Waals surface area (Å²) in [4.78, 5) is 2.07. The highest BCUT2D eigenvalue weighted by molar-refractivity contribution is 9.11. The second-order valence-electron chi connectivity index (χ2n) is 9.59. The van der Waals surface area contributed by atoms with E-state index in [9.17, 15) is 0 Å². The van der Waals surface area contributed by atoms with Gasteiger partial charge in [-0.1, -0.05) is 78.9 Å². The first kappa shape index (κ1) is 22.1. The molecule has 0 saturated heterocycles. The molecule has 1 heteroatoms. The summed E-state index contributed by atoms with van der Waals surface area (Å²) in [5.74, 6) is 3.88. The van der Waals surface area contributed by atoms with Crippen molar-refractivity contribution in [2.75, 3.05) is 0 Å². The van der Waals surface area contributed by atoms with E-state index in [0.29, 0.717) is 0 Å². The van der Waals surface area contributed by atoms with E-state index in [2.05, 4.69) is 58.2 Å². The molecule has 2 saturated carbocycles. The van der Waals surface area contributed by atoms with Crippen LogP contribution in [0.1, 0.15) is 95.1 Å². The van der Waals surface area contributed by atoms with Crippen molar-refractivity contribution in [3.05, 3.63) is 46.5 Å². The summed E-state index contributed by atoms with van der Waals surface area (Å²) < 4.78 is 0. The number of hydrogen-bond donors (Lipinski definition) is 0. The van der Waals surface area contributed by atoms with Crippen molar-refractivity contribution in [3.63, 3.8) is 0 Å². The van der Waals surface area contributed by atoms with Gasteiger partial charge in [0, 0.05) is 0 Å². The number of halogens is 1. The maximum absolute atomic E-state index is 3.45. The van der Waals surface area contributed by atoms with Gasteiger partial charge in [-0.05, 0) is 104 Å². The smallest absolute Gasteiger partial charge is 0.0225 e. The lowest BCUT2D eigenvalue weighted by atomic mass is 9.68. The molecule has 0 N–H and O–H groups in total. The van der Waals surface area contributed by atoms with E-state index in [-0.39, 0.29) is 0 Å². The third kappa shape index (κ3) is 7.05. The summed E-state index contributed by atoms with van der Waals surface area (Å²) >= 11 is 3.45. The van der Waals surface area contributed by atoms with Crippen molar-refractivity contribution in [1.29, 1.82) is 0 Å². The summed E-state index contributed by atoms with van der Waals surface area (Å²) in [6.45, 7) is 2.28. The van der Waals surface area contributed by atoms with Gasteiger partial charge in [-0.2, -0.15) is 0 Å². The molecule has 2 aliphatic rings. The molecule has 0 unspecified atom stereocenters. The molecule has 1 aromatic rings. The molecule has 28 heavy (non-hydrogen) atoms. The summed E-state index contributed by atoms with van der Waals surface area (Å²) in [7, 11) is 0. The molecule has 0 heterocycles. The van der Waals surface area contributed by atoms with Gasteiger partial charge in [0.1, 0.15) is 0 Å². The molecule has 0 spiro atoms. The topological polar surface area (TPSA) is 0 Å². The number of allylic oxidation sites excluding steroid dienone is 1. The van der Waals surface area contributed by atoms with Crippen LogP contribution in [0.15, 0.2) is 35.3 Å². The van der Waals surface area contributed by atoms with Gasteiger partial charge in [0.15, 0.2) is 0 Å². The molecule has 156 valence electrons. The van der Waals surface area contributed by atoms with Crippen molar-refractivity contribution in [3.8, 4) is 0 Å². The van der Waals surface area contributed by atoms with E-state index in [1.54, 1.807) is 5.56 Å². The van der Waals surface area contributed by atoms with Gasteiger partial charge >= 0.3 is 0 Å². The van der Waals surface area contributed by atoms with Gasteiger partial charge in [-0.3, -0.25) is 0 Å². The number of benzene rings is 1. The first-order chi connectivity index (χ1) is 13.8. The second kappa shape index (κ2) is 12.2. The van der Waals surface area contributed by atoms with E-state index in [0.717, 1.165) is 23.7 Å². The fourth-order valence-corrected chi connectivity index (χ4v) is 6.11. The van der Waals surface area contributed by atoms with Crippen LogP contribution >= 0.6 is 15.9 Å². The van der Waals surface area contributed by atoms with Crippen molar-refractivity contribution in [2.24, 2.45) is 23.7 Å². The Morgan fingerprint density at radius 1 is 0.786 bits per heavy atom. The first-order valence-corrected chi connectivity index (χ1v) is 13.0. The van der Waals surface area contributed by atoms with Gasteiger partial charge in [0.25, 0.3) is 0 Å². The third-order valence-corrected chi connectivity index (χ3v) is 7.96. The molecule has 0 aromatic heterocycles. The number of hydrogen-bond acceptors (Lipinski definition) is 0. The van der Waals surface area contributed by atoms with E-state index >= 15 is 0 Å². The lowest BCUT2D eigenvalue weighted by Crippen LogP contribution is -2.25. The fourth-order valence-electron chi connectivity index (χ4n) is 5.68. The highest BCUT2D eigenvalue weighted by Gasteiger charge is 2.30. The van der Waals surface area contributed by atoms with Crippen molar-refractivity contribution < 1.29 is 0 Å². The Kier molecular flexibility index (Phi) is 9.65. The molecule has 2 fully saturated rings. The minimum atomic E-state index is 0.838. The molecule has 3 rings (SSSR count). The average molecular weight is 446 g/mol. The Hall–Kier alpha value is -0.560. The molecule has 0 amide bonds. The maximum Gasteiger partial charge on any atom is -0.0225 e. The highest BCUT2D eigenvalue weighted by atomic mass is 79.9. The molecule has 0 atom stereocenters. The zero-order valence-electron chi connectivity index (χ0n) is 18.1. The molecular formula is C27H41Br. The van der Waals surface area contributed by atoms with Crippen LogP contribution in [0.3, 0.4) is 0 Å². The van der Waals surface area contributed by atoms with Gasteiger partial charge in [0.2, 0.25) is 0 Å². The van der Waals surface area contributed by atoms with Crippen LogP contribution in [0.4, 0.5) is 0 Å². The Balaban J connectivity index is 1.33. The van der Waals surface area contributed by atoms with E-state index in [1.165, 1.54) is 95.5 Å². The summed E-state index contributed by atoms with van der Waals surface area (Å²) in [6, 6.07) is 9.55. The summed E-state index contributed by atoms with van der Waals surface area (Å²) in [5.41, 5.74) is 3.08. The predicted octanol–water partition coefficient (Wildman–Crippen LogP) is 8.87. The van der Waals surface area contributed by atoms with Gasteiger partial charge in [-0.15, -0.1) is 0 Å². The summed E-state index contributed by atoms with van der Waals surface area (Å²) in [5, 5.41) is 0. The molecule has 0 aliphatic heterocycles. The van der Waals surface area contributed by atoms with E-state index in [1.807, 2.05) is 0 Å². The van der Waals surface area contributed by atoms with Crippen LogP contribution in [-0.4, -0.2) is 0 Å². The highest BCUT2D eigenvalue weighted by Crippen LogP contribution is 2.42. The molecular weight excluding hydrogens is 404 g/mol. The number of rotatable bonds is 9. The minimum Gasteiger partial charge on any atom is -0.0745 e. The normalized spacial score (nSPS) is 28.6. The largest absolute Gasteiger partial charge is 0.0745 e. The Bertz CT molecular complexity index is 556.